The Labute approximate surface area is 152 Å². The molecule has 132 valence electrons. The second-order valence-corrected chi connectivity index (χ2v) is 6.89. The molecule has 0 spiro atoms. The third-order valence-corrected chi connectivity index (χ3v) is 5.20. The summed E-state index contributed by atoms with van der Waals surface area (Å²) >= 11 is 0. The molecule has 1 atom stereocenters. The van der Waals surface area contributed by atoms with E-state index in [1.54, 1.807) is 6.33 Å². The van der Waals surface area contributed by atoms with Gasteiger partial charge in [0.1, 0.15) is 12.4 Å². The number of fused-ring (bicyclic) bond motifs is 2. The van der Waals surface area contributed by atoms with Crippen LogP contribution in [0.4, 0.5) is 5.69 Å². The molecule has 0 aliphatic carbocycles. The molecule has 2 aromatic heterocycles. The summed E-state index contributed by atoms with van der Waals surface area (Å²) in [7, 11) is 0. The number of anilines is 1. The van der Waals surface area contributed by atoms with E-state index in [1.165, 1.54) is 0 Å². The molecule has 6 heteroatoms. The number of hydrogen-bond donors (Lipinski definition) is 1. The van der Waals surface area contributed by atoms with Crippen LogP contribution >= 0.6 is 0 Å². The smallest absolute Gasteiger partial charge is 0.222 e. The maximum absolute atomic E-state index is 6.17. The highest BCUT2D eigenvalue weighted by Gasteiger charge is 2.25. The molecule has 0 unspecified atom stereocenters. The van der Waals surface area contributed by atoms with Crippen LogP contribution in [0, 0.1) is 0 Å². The quantitative estimate of drug-likeness (QED) is 0.785. The Hall–Kier alpha value is -2.73. The first-order chi connectivity index (χ1) is 12.9. The van der Waals surface area contributed by atoms with Crippen molar-refractivity contribution in [2.45, 2.75) is 25.5 Å². The number of benzene rings is 1. The summed E-state index contributed by atoms with van der Waals surface area (Å²) in [6.45, 7) is 3.57. The predicted octanol–water partition coefficient (Wildman–Crippen LogP) is 2.33. The van der Waals surface area contributed by atoms with E-state index in [0.717, 1.165) is 72.7 Å². The number of nitrogens with one attached hydrogen (secondary N) is 1. The zero-order chi connectivity index (χ0) is 17.3. The van der Waals surface area contributed by atoms with Gasteiger partial charge in [0.25, 0.3) is 0 Å². The number of pyridine rings is 1. The molecule has 6 nitrogen and oxygen atoms in total. The van der Waals surface area contributed by atoms with Crippen molar-refractivity contribution < 1.29 is 4.74 Å². The third kappa shape index (κ3) is 2.86. The Balaban J connectivity index is 1.44. The van der Waals surface area contributed by atoms with E-state index in [0.29, 0.717) is 0 Å². The molecule has 1 fully saturated rings. The van der Waals surface area contributed by atoms with Crippen LogP contribution in [0.2, 0.25) is 0 Å². The van der Waals surface area contributed by atoms with Crippen molar-refractivity contribution in [3.63, 3.8) is 0 Å². The minimum Gasteiger partial charge on any atom is -0.473 e. The average Bonchev–Trinajstić information content (AvgIpc) is 3.21. The van der Waals surface area contributed by atoms with Gasteiger partial charge in [-0.3, -0.25) is 4.98 Å². The Morgan fingerprint density at radius 3 is 3.04 bits per heavy atom. The molecule has 1 saturated heterocycles. The summed E-state index contributed by atoms with van der Waals surface area (Å²) in [5.41, 5.74) is 4.37. The third-order valence-electron chi connectivity index (χ3n) is 5.20. The Morgan fingerprint density at radius 1 is 1.15 bits per heavy atom. The van der Waals surface area contributed by atoms with E-state index in [-0.39, 0.29) is 6.10 Å². The molecule has 1 aromatic carbocycles. The fourth-order valence-corrected chi connectivity index (χ4v) is 3.76. The second kappa shape index (κ2) is 6.53. The lowest BCUT2D eigenvalue weighted by Gasteiger charge is -2.31. The lowest BCUT2D eigenvalue weighted by molar-refractivity contribution is 0.210. The van der Waals surface area contributed by atoms with E-state index in [9.17, 15) is 0 Å². The first-order valence-electron chi connectivity index (χ1n) is 9.17. The van der Waals surface area contributed by atoms with Gasteiger partial charge in [0.05, 0.1) is 35.2 Å². The molecule has 0 bridgehead atoms. The van der Waals surface area contributed by atoms with Crippen LogP contribution < -0.4 is 15.0 Å². The van der Waals surface area contributed by atoms with Gasteiger partial charge in [-0.15, -0.1) is 0 Å². The Bertz CT molecular complexity index is 938. The van der Waals surface area contributed by atoms with Crippen molar-refractivity contribution in [1.29, 1.82) is 0 Å². The lowest BCUT2D eigenvalue weighted by atomic mass is 10.1. The van der Waals surface area contributed by atoms with Crippen molar-refractivity contribution >= 4 is 16.6 Å². The summed E-state index contributed by atoms with van der Waals surface area (Å²) in [6.07, 6.45) is 5.70. The highest BCUT2D eigenvalue weighted by Crippen LogP contribution is 2.30. The van der Waals surface area contributed by atoms with Gasteiger partial charge in [0, 0.05) is 24.9 Å². The monoisotopic (exact) mass is 347 g/mol. The molecule has 26 heavy (non-hydrogen) atoms. The van der Waals surface area contributed by atoms with Crippen LogP contribution in [0.25, 0.3) is 10.9 Å². The second-order valence-electron chi connectivity index (χ2n) is 6.89. The highest BCUT2D eigenvalue weighted by molar-refractivity contribution is 5.81. The number of ether oxygens (including phenoxy) is 1. The molecular weight excluding hydrogens is 326 g/mol. The van der Waals surface area contributed by atoms with Gasteiger partial charge in [0.2, 0.25) is 5.88 Å². The van der Waals surface area contributed by atoms with Gasteiger partial charge >= 0.3 is 0 Å². The largest absolute Gasteiger partial charge is 0.473 e. The Morgan fingerprint density at radius 2 is 2.12 bits per heavy atom. The van der Waals surface area contributed by atoms with Crippen molar-refractivity contribution in [3.05, 3.63) is 54.1 Å². The minimum absolute atomic E-state index is 0.201. The summed E-state index contributed by atoms with van der Waals surface area (Å²) in [4.78, 5) is 15.9. The lowest BCUT2D eigenvalue weighted by Crippen LogP contribution is -2.32. The highest BCUT2D eigenvalue weighted by atomic mass is 16.5. The normalized spacial score (nSPS) is 19.5. The van der Waals surface area contributed by atoms with Gasteiger partial charge in [-0.25, -0.2) is 9.97 Å². The molecule has 0 saturated carbocycles. The number of para-hydroxylation sites is 1. The topological polar surface area (TPSA) is 63.2 Å². The standard InChI is InChI=1S/C20H21N5O/c1-2-4-18-14(3-1)9-15(10-22-18)25-8-6-19-17(12-25)20(24-13-23-19)26-16-5-7-21-11-16/h1-4,9-10,13,16,21H,5-8,11-12H2/t16-/m0/s1. The van der Waals surface area contributed by atoms with Crippen LogP contribution in [-0.4, -0.2) is 40.7 Å². The SMILES string of the molecule is c1ccc2ncc(N3CCc4ncnc(O[C@H]5CCNC5)c4C3)cc2c1. The summed E-state index contributed by atoms with van der Waals surface area (Å²) in [5.74, 6) is 0.738. The fourth-order valence-electron chi connectivity index (χ4n) is 3.76. The first kappa shape index (κ1) is 15.5. The zero-order valence-electron chi connectivity index (χ0n) is 14.6. The van der Waals surface area contributed by atoms with E-state index in [1.807, 2.05) is 18.3 Å². The summed E-state index contributed by atoms with van der Waals surface area (Å²) in [5, 5.41) is 4.50. The van der Waals surface area contributed by atoms with Crippen molar-refractivity contribution in [2.24, 2.45) is 0 Å². The molecule has 2 aliphatic heterocycles. The average molecular weight is 347 g/mol. The van der Waals surface area contributed by atoms with Crippen molar-refractivity contribution in [1.82, 2.24) is 20.3 Å². The van der Waals surface area contributed by atoms with Gasteiger partial charge < -0.3 is 15.0 Å². The van der Waals surface area contributed by atoms with E-state index >= 15 is 0 Å². The minimum atomic E-state index is 0.201. The molecular formula is C20H21N5O. The number of nitrogens with zero attached hydrogens (tertiary/aromatic N) is 4. The van der Waals surface area contributed by atoms with Gasteiger partial charge in [0.15, 0.2) is 0 Å². The zero-order valence-corrected chi connectivity index (χ0v) is 14.6. The Kier molecular flexibility index (Phi) is 3.90. The molecule has 4 heterocycles. The molecule has 1 N–H and O–H groups in total. The maximum atomic E-state index is 6.17. The van der Waals surface area contributed by atoms with E-state index in [2.05, 4.69) is 43.4 Å². The molecule has 0 radical (unpaired) electrons. The number of aromatic nitrogens is 3. The van der Waals surface area contributed by atoms with Crippen LogP contribution in [0.5, 0.6) is 5.88 Å². The van der Waals surface area contributed by atoms with Crippen LogP contribution in [0.3, 0.4) is 0 Å². The van der Waals surface area contributed by atoms with Crippen molar-refractivity contribution in [2.75, 3.05) is 24.5 Å². The van der Waals surface area contributed by atoms with E-state index < -0.39 is 0 Å². The fraction of sp³-hybridized carbons (Fsp3) is 0.350. The molecule has 0 amide bonds. The maximum Gasteiger partial charge on any atom is 0.222 e. The first-order valence-corrected chi connectivity index (χ1v) is 9.17. The van der Waals surface area contributed by atoms with E-state index in [4.69, 9.17) is 4.74 Å². The summed E-state index contributed by atoms with van der Waals surface area (Å²) in [6, 6.07) is 10.4. The van der Waals surface area contributed by atoms with Gasteiger partial charge in [-0.05, 0) is 25.1 Å². The van der Waals surface area contributed by atoms with Crippen LogP contribution in [0.15, 0.2) is 42.9 Å². The van der Waals surface area contributed by atoms with Crippen LogP contribution in [0.1, 0.15) is 17.7 Å². The summed E-state index contributed by atoms with van der Waals surface area (Å²) < 4.78 is 6.17. The number of hydrogen-bond acceptors (Lipinski definition) is 6. The number of rotatable bonds is 3. The van der Waals surface area contributed by atoms with Gasteiger partial charge in [-0.2, -0.15) is 0 Å². The molecule has 3 aromatic rings. The van der Waals surface area contributed by atoms with Gasteiger partial charge in [-0.1, -0.05) is 18.2 Å². The van der Waals surface area contributed by atoms with Crippen molar-refractivity contribution in [3.8, 4) is 5.88 Å². The molecule has 5 rings (SSSR count). The predicted molar refractivity (Wildman–Crippen MR) is 100 cm³/mol. The molecule has 2 aliphatic rings. The van der Waals surface area contributed by atoms with Crippen LogP contribution in [-0.2, 0) is 13.0 Å².